The Labute approximate surface area is 160 Å². The van der Waals surface area contributed by atoms with E-state index in [-0.39, 0.29) is 23.9 Å². The van der Waals surface area contributed by atoms with Gasteiger partial charge in [0, 0.05) is 24.5 Å². The fraction of sp³-hybridized carbons (Fsp3) is 0.333. The zero-order chi connectivity index (χ0) is 18.6. The summed E-state index contributed by atoms with van der Waals surface area (Å²) in [5, 5.41) is 6.05. The van der Waals surface area contributed by atoms with Crippen molar-refractivity contribution in [1.29, 1.82) is 0 Å². The summed E-state index contributed by atoms with van der Waals surface area (Å²) >= 11 is 0. The average molecular weight is 402 g/mol. The Kier molecular flexibility index (Phi) is 7.04. The third-order valence-electron chi connectivity index (χ3n) is 4.08. The summed E-state index contributed by atoms with van der Waals surface area (Å²) in [6.45, 7) is 0.549. The minimum Gasteiger partial charge on any atom is -0.468 e. The first-order chi connectivity index (χ1) is 12.4. The molecule has 1 amide bonds. The molecule has 2 aromatic rings. The fourth-order valence-corrected chi connectivity index (χ4v) is 2.74. The SMILES string of the molecule is Cl.O=C(Nc1ccc([C@H]2CCNC2)cc1)c1ccc(OCC(F)(F)F)nc1. The number of aromatic nitrogens is 1. The van der Waals surface area contributed by atoms with Crippen LogP contribution in [0.1, 0.15) is 28.3 Å². The molecule has 2 N–H and O–H groups in total. The van der Waals surface area contributed by atoms with Gasteiger partial charge in [-0.3, -0.25) is 4.79 Å². The van der Waals surface area contributed by atoms with Gasteiger partial charge in [-0.1, -0.05) is 12.1 Å². The Balaban J connectivity index is 0.00000261. The Morgan fingerprint density at radius 3 is 2.52 bits per heavy atom. The summed E-state index contributed by atoms with van der Waals surface area (Å²) in [6, 6.07) is 10.2. The summed E-state index contributed by atoms with van der Waals surface area (Å²) in [5.41, 5.74) is 2.09. The van der Waals surface area contributed by atoms with E-state index in [1.165, 1.54) is 23.9 Å². The molecule has 1 aliphatic rings. The molecule has 1 aromatic carbocycles. The van der Waals surface area contributed by atoms with Crippen LogP contribution < -0.4 is 15.4 Å². The van der Waals surface area contributed by atoms with E-state index in [9.17, 15) is 18.0 Å². The second-order valence-electron chi connectivity index (χ2n) is 6.05. The zero-order valence-electron chi connectivity index (χ0n) is 14.3. The van der Waals surface area contributed by atoms with E-state index in [4.69, 9.17) is 0 Å². The Bertz CT molecular complexity index is 746. The number of amides is 1. The lowest BCUT2D eigenvalue weighted by atomic mass is 9.98. The maximum Gasteiger partial charge on any atom is 0.422 e. The van der Waals surface area contributed by atoms with E-state index < -0.39 is 18.7 Å². The smallest absolute Gasteiger partial charge is 0.422 e. The Morgan fingerprint density at radius 2 is 1.96 bits per heavy atom. The topological polar surface area (TPSA) is 63.2 Å². The number of alkyl halides is 3. The number of hydrogen-bond donors (Lipinski definition) is 2. The number of halogens is 4. The summed E-state index contributed by atoms with van der Waals surface area (Å²) in [4.78, 5) is 15.9. The monoisotopic (exact) mass is 401 g/mol. The average Bonchev–Trinajstić information content (AvgIpc) is 3.15. The normalized spacial score (nSPS) is 16.5. The molecule has 1 aromatic heterocycles. The van der Waals surface area contributed by atoms with Crippen molar-refractivity contribution in [2.45, 2.75) is 18.5 Å². The van der Waals surface area contributed by atoms with E-state index in [1.54, 1.807) is 0 Å². The van der Waals surface area contributed by atoms with Gasteiger partial charge in [0.05, 0.1) is 5.56 Å². The van der Waals surface area contributed by atoms with Crippen LogP contribution in [0.4, 0.5) is 18.9 Å². The van der Waals surface area contributed by atoms with Crippen LogP contribution in [0.2, 0.25) is 0 Å². The summed E-state index contributed by atoms with van der Waals surface area (Å²) in [5.74, 6) is -0.0863. The molecule has 0 bridgehead atoms. The van der Waals surface area contributed by atoms with Crippen molar-refractivity contribution >= 4 is 24.0 Å². The highest BCUT2D eigenvalue weighted by Gasteiger charge is 2.28. The van der Waals surface area contributed by atoms with E-state index >= 15 is 0 Å². The lowest BCUT2D eigenvalue weighted by Crippen LogP contribution is -2.19. The van der Waals surface area contributed by atoms with Crippen LogP contribution >= 0.6 is 12.4 Å². The number of hydrogen-bond acceptors (Lipinski definition) is 4. The molecule has 0 radical (unpaired) electrons. The largest absolute Gasteiger partial charge is 0.468 e. The van der Waals surface area contributed by atoms with Crippen molar-refractivity contribution < 1.29 is 22.7 Å². The number of carbonyl (C=O) groups excluding carboxylic acids is 1. The molecule has 1 saturated heterocycles. The first-order valence-electron chi connectivity index (χ1n) is 8.18. The molecule has 5 nitrogen and oxygen atoms in total. The van der Waals surface area contributed by atoms with Crippen LogP contribution in [0.3, 0.4) is 0 Å². The van der Waals surface area contributed by atoms with Gasteiger partial charge < -0.3 is 15.4 Å². The maximum atomic E-state index is 12.2. The number of pyridine rings is 1. The van der Waals surface area contributed by atoms with Crippen LogP contribution in [-0.2, 0) is 0 Å². The molecule has 27 heavy (non-hydrogen) atoms. The van der Waals surface area contributed by atoms with Crippen molar-refractivity contribution in [3.63, 3.8) is 0 Å². The van der Waals surface area contributed by atoms with Crippen LogP contribution in [0.5, 0.6) is 5.88 Å². The van der Waals surface area contributed by atoms with Crippen molar-refractivity contribution in [2.24, 2.45) is 0 Å². The fourth-order valence-electron chi connectivity index (χ4n) is 2.74. The van der Waals surface area contributed by atoms with Crippen molar-refractivity contribution in [3.05, 3.63) is 53.7 Å². The third-order valence-corrected chi connectivity index (χ3v) is 4.08. The van der Waals surface area contributed by atoms with Gasteiger partial charge in [-0.05, 0) is 42.6 Å². The van der Waals surface area contributed by atoms with Crippen molar-refractivity contribution in [2.75, 3.05) is 25.0 Å². The predicted octanol–water partition coefficient (Wildman–Crippen LogP) is 3.77. The van der Waals surface area contributed by atoms with E-state index in [0.717, 1.165) is 19.5 Å². The molecule has 146 valence electrons. The van der Waals surface area contributed by atoms with Crippen LogP contribution in [0.25, 0.3) is 0 Å². The number of nitrogens with zero attached hydrogens (tertiary/aromatic N) is 1. The Hall–Kier alpha value is -2.32. The van der Waals surface area contributed by atoms with Crippen LogP contribution in [-0.4, -0.2) is 36.8 Å². The molecule has 9 heteroatoms. The quantitative estimate of drug-likeness (QED) is 0.800. The molecule has 0 unspecified atom stereocenters. The van der Waals surface area contributed by atoms with Gasteiger partial charge >= 0.3 is 6.18 Å². The molecule has 0 saturated carbocycles. The molecule has 1 fully saturated rings. The standard InChI is InChI=1S/C18H18F3N3O2.ClH/c19-18(20,21)11-26-16-6-3-14(10-23-16)17(25)24-15-4-1-12(2-5-15)13-7-8-22-9-13;/h1-6,10,13,22H,7-9,11H2,(H,24,25);1H/t13-;/m0./s1. The van der Waals surface area contributed by atoms with Crippen LogP contribution in [0, 0.1) is 0 Å². The Morgan fingerprint density at radius 1 is 1.22 bits per heavy atom. The van der Waals surface area contributed by atoms with Gasteiger partial charge in [0.2, 0.25) is 5.88 Å². The summed E-state index contributed by atoms with van der Waals surface area (Å²) < 4.78 is 40.8. The second kappa shape index (κ2) is 9.05. The highest BCUT2D eigenvalue weighted by Crippen LogP contribution is 2.24. The lowest BCUT2D eigenvalue weighted by molar-refractivity contribution is -0.154. The molecule has 3 rings (SSSR count). The van der Waals surface area contributed by atoms with Gasteiger partial charge in [0.15, 0.2) is 6.61 Å². The first-order valence-corrected chi connectivity index (χ1v) is 8.18. The molecule has 0 spiro atoms. The minimum absolute atomic E-state index is 0. The third kappa shape index (κ3) is 6.11. The van der Waals surface area contributed by atoms with Crippen molar-refractivity contribution in [3.8, 4) is 5.88 Å². The van der Waals surface area contributed by atoms with Crippen LogP contribution in [0.15, 0.2) is 42.6 Å². The number of ether oxygens (including phenoxy) is 1. The summed E-state index contributed by atoms with van der Waals surface area (Å²) in [6.07, 6.45) is -2.15. The molecule has 1 atom stereocenters. The van der Waals surface area contributed by atoms with Gasteiger partial charge in [0.1, 0.15) is 0 Å². The minimum atomic E-state index is -4.43. The molecule has 1 aliphatic heterocycles. The lowest BCUT2D eigenvalue weighted by Gasteiger charge is -2.11. The second-order valence-corrected chi connectivity index (χ2v) is 6.05. The zero-order valence-corrected chi connectivity index (χ0v) is 15.1. The van der Waals surface area contributed by atoms with Gasteiger partial charge in [-0.15, -0.1) is 12.4 Å². The summed E-state index contributed by atoms with van der Waals surface area (Å²) in [7, 11) is 0. The van der Waals surface area contributed by atoms with Gasteiger partial charge in [-0.25, -0.2) is 4.98 Å². The first kappa shape index (κ1) is 21.0. The maximum absolute atomic E-state index is 12.2. The van der Waals surface area contributed by atoms with Gasteiger partial charge in [0.25, 0.3) is 5.91 Å². The highest BCUT2D eigenvalue weighted by atomic mass is 35.5. The highest BCUT2D eigenvalue weighted by molar-refractivity contribution is 6.04. The van der Waals surface area contributed by atoms with Gasteiger partial charge in [-0.2, -0.15) is 13.2 Å². The molecular formula is C18H19ClF3N3O2. The van der Waals surface area contributed by atoms with E-state index in [1.807, 2.05) is 24.3 Å². The number of anilines is 1. The van der Waals surface area contributed by atoms with E-state index in [0.29, 0.717) is 11.6 Å². The van der Waals surface area contributed by atoms with E-state index in [2.05, 4.69) is 20.4 Å². The number of benzene rings is 1. The molecular weight excluding hydrogens is 383 g/mol. The molecule has 2 heterocycles. The molecule has 0 aliphatic carbocycles. The number of nitrogens with one attached hydrogen (secondary N) is 2. The number of carbonyl (C=O) groups is 1. The number of rotatable bonds is 5. The predicted molar refractivity (Wildman–Crippen MR) is 97.7 cm³/mol. The van der Waals surface area contributed by atoms with Crippen molar-refractivity contribution in [1.82, 2.24) is 10.3 Å².